The number of ether oxygens (including phenoxy) is 11. The molecule has 748 valence electrons. The summed E-state index contributed by atoms with van der Waals surface area (Å²) in [5, 5.41) is 35.8. The minimum absolute atomic E-state index is 0.0204. The summed E-state index contributed by atoms with van der Waals surface area (Å²) in [6.45, 7) is 10.9. The van der Waals surface area contributed by atoms with Crippen molar-refractivity contribution in [1.82, 2.24) is 29.1 Å². The van der Waals surface area contributed by atoms with Crippen LogP contribution in [0.4, 0.5) is 25.8 Å². The number of nitrogens with one attached hydrogen (secondary N) is 1. The number of aliphatic hydroxyl groups excluding tert-OH is 3. The SMILES string of the molecule is CC(C)CN(C[C@@H](O)[C@@H](N)Cc1ccccc1)S(=O)(=O)c1ccc(N)cc1.CC(C)CN(C[C@@H](O)[C@H](Cc1ccccc1)NC(=O)O[C@H]1CO[C@H]2OC[C@H](OCc3ccccc3)[C@H]21)S(=O)(=O)c1ccc(N)cc1.ClCCl.O=C(ON1C(=O)CCC1=O)ON1C(=O)CCC1=O.O=C(O[C@H]1CO[C@H]2OC[C@H](OCc3ccccc3)[C@H]21)ON1C(=O)CCC1=O.O[C@H]1CO[C@H]2OC[C@H](OCc3ccccc3)[C@H]21. The topological polar surface area (TPSA) is 518 Å². The molecule has 0 aliphatic carbocycles. The van der Waals surface area contributed by atoms with Gasteiger partial charge in [-0.05, 0) is 101 Å². The first-order chi connectivity index (χ1) is 66.1. The zero-order valence-corrected chi connectivity index (χ0v) is 79.6. The molecule has 7 aromatic rings. The summed E-state index contributed by atoms with van der Waals surface area (Å²) in [7, 11) is -7.73. The van der Waals surface area contributed by atoms with Crippen molar-refractivity contribution in [2.45, 2.75) is 188 Å². The number of alkyl carbamates (subject to hydrolysis) is 1. The van der Waals surface area contributed by atoms with E-state index in [4.69, 9.17) is 97.3 Å². The average Bonchev–Trinajstić information content (AvgIpc) is 1.63. The lowest BCUT2D eigenvalue weighted by Crippen LogP contribution is -2.52. The van der Waals surface area contributed by atoms with E-state index in [1.165, 1.54) is 45.0 Å². The van der Waals surface area contributed by atoms with Crippen LogP contribution in [0.15, 0.2) is 210 Å². The minimum Gasteiger partial charge on any atom is -0.443 e. The highest BCUT2D eigenvalue weighted by Gasteiger charge is 2.54. The molecule has 0 spiro atoms. The van der Waals surface area contributed by atoms with E-state index < -0.39 is 129 Å². The number of imide groups is 3. The van der Waals surface area contributed by atoms with Gasteiger partial charge in [-0.15, -0.1) is 23.2 Å². The molecule has 9 aliphatic rings. The highest BCUT2D eigenvalue weighted by Crippen LogP contribution is 2.39. The van der Waals surface area contributed by atoms with Crippen LogP contribution in [0.5, 0.6) is 0 Å². The number of amides is 7. The lowest BCUT2D eigenvalue weighted by Gasteiger charge is -2.31. The number of alkyl halides is 2. The third kappa shape index (κ3) is 31.1. The maximum Gasteiger partial charge on any atom is 0.560 e. The molecule has 9 saturated heterocycles. The largest absolute Gasteiger partial charge is 0.560 e. The van der Waals surface area contributed by atoms with Gasteiger partial charge in [0.15, 0.2) is 18.9 Å². The fourth-order valence-electron chi connectivity index (χ4n) is 15.9. The van der Waals surface area contributed by atoms with Gasteiger partial charge >= 0.3 is 18.4 Å². The van der Waals surface area contributed by atoms with E-state index in [-0.39, 0.29) is 157 Å². The van der Waals surface area contributed by atoms with Crippen LogP contribution < -0.4 is 22.5 Å². The van der Waals surface area contributed by atoms with Crippen molar-refractivity contribution in [2.24, 2.45) is 35.3 Å². The van der Waals surface area contributed by atoms with E-state index in [0.717, 1.165) is 27.8 Å². The van der Waals surface area contributed by atoms with Crippen molar-refractivity contribution >= 4 is 108 Å². The van der Waals surface area contributed by atoms with Crippen molar-refractivity contribution in [3.8, 4) is 0 Å². The maximum absolute atomic E-state index is 13.7. The third-order valence-electron chi connectivity index (χ3n) is 22.9. The molecule has 16 rings (SSSR count). The highest BCUT2D eigenvalue weighted by molar-refractivity contribution is 7.89. The number of nitrogen functional groups attached to an aromatic ring is 2. The van der Waals surface area contributed by atoms with Gasteiger partial charge in [-0.2, -0.15) is 13.4 Å². The van der Waals surface area contributed by atoms with Gasteiger partial charge in [0.25, 0.3) is 35.4 Å². The number of anilines is 2. The number of rotatable bonds is 33. The Kier molecular flexibility index (Phi) is 41.0. The number of aliphatic hydroxyl groups is 3. The number of benzene rings is 7. The van der Waals surface area contributed by atoms with E-state index in [1.54, 1.807) is 12.1 Å². The Balaban J connectivity index is 0.000000172. The van der Waals surface area contributed by atoms with E-state index >= 15 is 0 Å². The van der Waals surface area contributed by atoms with E-state index in [2.05, 4.69) is 15.0 Å². The van der Waals surface area contributed by atoms with Gasteiger partial charge in [0.05, 0.1) is 135 Å². The van der Waals surface area contributed by atoms with Crippen LogP contribution in [0.1, 0.15) is 94.0 Å². The van der Waals surface area contributed by atoms with E-state index in [1.807, 2.05) is 179 Å². The molecule has 0 saturated carbocycles. The second-order valence-electron chi connectivity index (χ2n) is 34.1. The van der Waals surface area contributed by atoms with Gasteiger partial charge in [-0.25, -0.2) is 26.4 Å². The predicted octanol–water partition coefficient (Wildman–Crippen LogP) is 8.20. The molecule has 39 nitrogen and oxygen atoms in total. The molecule has 10 N–H and O–H groups in total. The van der Waals surface area contributed by atoms with Gasteiger partial charge in [0.2, 0.25) is 20.0 Å². The summed E-state index contributed by atoms with van der Waals surface area (Å²) >= 11 is 9.53. The quantitative estimate of drug-likeness (QED) is 0.00881. The molecule has 0 bridgehead atoms. The lowest BCUT2D eigenvalue weighted by molar-refractivity contribution is -0.198. The fraction of sp³-hybridized carbons (Fsp3) is 0.463. The molecule has 9 fully saturated rings. The summed E-state index contributed by atoms with van der Waals surface area (Å²) in [5.41, 5.74) is 23.5. The summed E-state index contributed by atoms with van der Waals surface area (Å²) < 4.78 is 118. The molecule has 9 aliphatic heterocycles. The zero-order valence-electron chi connectivity index (χ0n) is 76.4. The molecule has 0 radical (unpaired) electrons. The molecular formula is C95H117Cl2N9O30S2. The molecule has 9 heterocycles. The molecule has 16 atom stereocenters. The Labute approximate surface area is 809 Å². The van der Waals surface area contributed by atoms with Gasteiger partial charge in [-0.3, -0.25) is 43.3 Å². The smallest absolute Gasteiger partial charge is 0.443 e. The van der Waals surface area contributed by atoms with Crippen LogP contribution in [0, 0.1) is 29.6 Å². The van der Waals surface area contributed by atoms with Crippen molar-refractivity contribution in [3.63, 3.8) is 0 Å². The Bertz CT molecular complexity index is 5260. The van der Waals surface area contributed by atoms with Crippen LogP contribution in [0.3, 0.4) is 0 Å². The molecule has 43 heteroatoms. The Morgan fingerprint density at radius 1 is 0.413 bits per heavy atom. The number of nitrogens with two attached hydrogens (primary N) is 3. The van der Waals surface area contributed by atoms with Crippen LogP contribution in [-0.2, 0) is 148 Å². The van der Waals surface area contributed by atoms with Gasteiger partial charge in [0, 0.05) is 82.1 Å². The standard InChI is InChI=1S/C34H43N3O8S.C20H29N3O3S.C18H19NO8.C13H16O4.C9H8N2O7.CH2Cl2/c1-23(2)18-37(46(40,41)27-15-13-26(35)14-16-27)19-29(38)28(17-24-9-5-3-6-10-24)36-34(39)45-31-22-44-33-32(31)30(21-43-33)42-20-25-11-7-4-8-12-25;1-15(2)13-23(27(25,26)18-10-8-17(21)9-11-18)14-20(24)19(22)12-16-6-4-3-5-7-16;20-14-6-7-15(21)19(14)27-18(22)26-13-10-25-17-16(13)12(9-24-17)23-8-11-4-2-1-3-5-11;14-10-7-16-13-12(10)11(8-17-13)15-6-9-4-2-1-3-5-9;12-5-1-2-6(13)10(5)17-9(16)18-11-7(14)3-4-8(11)15;2-1-3/h3-16,23,28-33,38H,17-22,35H2,1-2H3,(H,36,39);3-11,15,19-20,24H,12-14,21-22H2,1-2H3;1-5,12-13,16-17H,6-10H2;1-5,10-14H,6-8H2;1-4H2;1H2/t28-,29+,30-,31-,32-,33+;19-,20+;12-,13-,16-,17+;10-,11-,12+,13-;;/m0000../s1. The average molecular weight is 2000 g/mol. The van der Waals surface area contributed by atoms with E-state index in [9.17, 15) is 75.3 Å². The summed E-state index contributed by atoms with van der Waals surface area (Å²) in [4.78, 5) is 118. The first-order valence-corrected chi connectivity index (χ1v) is 48.8. The number of sulfonamides is 2. The van der Waals surface area contributed by atoms with Gasteiger partial charge in [-0.1, -0.05) is 195 Å². The molecule has 0 unspecified atom stereocenters. The minimum atomic E-state index is -3.97. The normalized spacial score (nSPS) is 23.3. The molecule has 138 heavy (non-hydrogen) atoms. The molecule has 7 aromatic carbocycles. The molecule has 7 amide bonds. The highest BCUT2D eigenvalue weighted by atomic mass is 35.5. The maximum atomic E-state index is 13.7. The first-order valence-electron chi connectivity index (χ1n) is 44.9. The second kappa shape index (κ2) is 52.5. The second-order valence-corrected chi connectivity index (χ2v) is 38.8. The number of hydrogen-bond donors (Lipinski definition) is 7. The van der Waals surface area contributed by atoms with E-state index in [0.29, 0.717) is 75.7 Å². The number of hydroxylamine groups is 6. The number of carbonyl (C=O) groups excluding carboxylic acids is 9. The Morgan fingerprint density at radius 3 is 1.07 bits per heavy atom. The number of halogens is 2. The Morgan fingerprint density at radius 2 is 0.710 bits per heavy atom. The third-order valence-corrected chi connectivity index (χ3v) is 26.6. The van der Waals surface area contributed by atoms with Crippen LogP contribution in [0.2, 0.25) is 0 Å². The van der Waals surface area contributed by atoms with Crippen LogP contribution in [-0.4, -0.2) is 261 Å². The molecular weight excluding hydrogens is 1880 g/mol. The van der Waals surface area contributed by atoms with Gasteiger partial charge < -0.3 is 89.9 Å². The number of hydrogen-bond acceptors (Lipinski definition) is 33. The Hall–Kier alpha value is -10.8. The van der Waals surface area contributed by atoms with Crippen LogP contribution >= 0.6 is 23.2 Å². The fourth-order valence-corrected chi connectivity index (χ4v) is 19.2. The summed E-state index contributed by atoms with van der Waals surface area (Å²) in [6, 6.07) is 59.0. The lowest BCUT2D eigenvalue weighted by atomic mass is 10.00. The van der Waals surface area contributed by atoms with Crippen LogP contribution in [0.25, 0.3) is 0 Å². The number of fused-ring (bicyclic) bond motifs is 3. The number of carbonyl (C=O) groups is 9. The predicted molar refractivity (Wildman–Crippen MR) is 494 cm³/mol. The molecule has 0 aromatic heterocycles. The monoisotopic (exact) mass is 2000 g/mol. The zero-order chi connectivity index (χ0) is 99.2. The number of nitrogens with zero attached hydrogens (tertiary/aromatic N) is 5. The van der Waals surface area contributed by atoms with Crippen molar-refractivity contribution in [3.05, 3.63) is 228 Å². The first kappa shape index (κ1) is 108. The van der Waals surface area contributed by atoms with Crippen molar-refractivity contribution in [1.29, 1.82) is 0 Å². The van der Waals surface area contributed by atoms with Crippen molar-refractivity contribution in [2.75, 3.05) is 82.6 Å². The summed E-state index contributed by atoms with van der Waals surface area (Å²) in [5.74, 6) is -4.47. The van der Waals surface area contributed by atoms with Gasteiger partial charge in [0.1, 0.15) is 12.2 Å². The van der Waals surface area contributed by atoms with Crippen molar-refractivity contribution < 1.29 is 142 Å². The summed E-state index contributed by atoms with van der Waals surface area (Å²) in [6.07, 6.45) is -8.93.